The van der Waals surface area contributed by atoms with Crippen molar-refractivity contribution in [1.29, 1.82) is 5.26 Å². The van der Waals surface area contributed by atoms with Gasteiger partial charge >= 0.3 is 5.97 Å². The number of nitrogens with two attached hydrogens (primary N) is 1. The summed E-state index contributed by atoms with van der Waals surface area (Å²) in [5.41, 5.74) is 7.94. The van der Waals surface area contributed by atoms with Crippen LogP contribution in [0, 0.1) is 11.3 Å². The molecule has 2 aromatic heterocycles. The van der Waals surface area contributed by atoms with Crippen molar-refractivity contribution in [3.05, 3.63) is 98.7 Å². The Morgan fingerprint density at radius 3 is 2.57 bits per heavy atom. The maximum Gasteiger partial charge on any atom is 0.338 e. The second-order valence-corrected chi connectivity index (χ2v) is 12.5. The van der Waals surface area contributed by atoms with Crippen LogP contribution in [0.1, 0.15) is 51.1 Å². The van der Waals surface area contributed by atoms with Gasteiger partial charge in [0.2, 0.25) is 11.8 Å². The number of aromatic amines is 1. The highest BCUT2D eigenvalue weighted by Crippen LogP contribution is 2.48. The number of anilines is 1. The molecular weight excluding hydrogens is 643 g/mol. The van der Waals surface area contributed by atoms with Crippen molar-refractivity contribution in [3.8, 4) is 11.8 Å². The van der Waals surface area contributed by atoms with Gasteiger partial charge in [-0.05, 0) is 43.2 Å². The first-order valence-corrected chi connectivity index (χ1v) is 16.4. The minimum Gasteiger partial charge on any atom is -0.462 e. The van der Waals surface area contributed by atoms with Gasteiger partial charge in [0, 0.05) is 25.9 Å². The van der Waals surface area contributed by atoms with Crippen LogP contribution in [0.25, 0.3) is 10.2 Å². The average molecular weight is 674 g/mol. The number of nitrogens with zero attached hydrogens (tertiary/aromatic N) is 1. The van der Waals surface area contributed by atoms with Gasteiger partial charge in [0.15, 0.2) is 5.75 Å². The van der Waals surface area contributed by atoms with E-state index >= 15 is 0 Å². The Kier molecular flexibility index (Phi) is 10.6. The largest absolute Gasteiger partial charge is 0.462 e. The maximum absolute atomic E-state index is 13.7. The smallest absolute Gasteiger partial charge is 0.338 e. The van der Waals surface area contributed by atoms with E-state index in [1.54, 1.807) is 62.6 Å². The van der Waals surface area contributed by atoms with Gasteiger partial charge in [-0.25, -0.2) is 4.79 Å². The lowest BCUT2D eigenvalue weighted by Crippen LogP contribution is -2.28. The van der Waals surface area contributed by atoms with E-state index in [0.717, 1.165) is 11.8 Å². The molecule has 0 saturated heterocycles. The van der Waals surface area contributed by atoms with Crippen molar-refractivity contribution in [3.63, 3.8) is 0 Å². The number of rotatable bonds is 12. The van der Waals surface area contributed by atoms with Crippen LogP contribution in [0.2, 0.25) is 0 Å². The summed E-state index contributed by atoms with van der Waals surface area (Å²) >= 11 is 2.30. The molecule has 0 fully saturated rings. The number of ether oxygens (including phenoxy) is 3. The molecule has 0 aliphatic carbocycles. The summed E-state index contributed by atoms with van der Waals surface area (Å²) in [7, 11) is 1.57. The molecule has 4 aromatic rings. The normalized spacial score (nSPS) is 13.8. The molecule has 0 saturated carbocycles. The Bertz CT molecular complexity index is 1950. The fourth-order valence-electron chi connectivity index (χ4n) is 5.06. The highest BCUT2D eigenvalue weighted by Gasteiger charge is 2.36. The van der Waals surface area contributed by atoms with E-state index in [2.05, 4.69) is 21.7 Å². The number of carbonyl (C=O) groups excluding carboxylic acids is 3. The third-order valence-corrected chi connectivity index (χ3v) is 9.63. The van der Waals surface area contributed by atoms with Crippen LogP contribution in [-0.4, -0.2) is 55.4 Å². The van der Waals surface area contributed by atoms with Gasteiger partial charge in [-0.3, -0.25) is 14.4 Å². The molecule has 0 bridgehead atoms. The number of aromatic nitrogens is 1. The van der Waals surface area contributed by atoms with Crippen molar-refractivity contribution in [1.82, 2.24) is 10.3 Å². The van der Waals surface area contributed by atoms with E-state index in [0.29, 0.717) is 45.3 Å². The number of fused-ring (bicyclic) bond motifs is 3. The number of pyridine rings is 1. The van der Waals surface area contributed by atoms with E-state index < -0.39 is 23.4 Å². The van der Waals surface area contributed by atoms with Crippen molar-refractivity contribution < 1.29 is 28.6 Å². The molecule has 14 heteroatoms. The summed E-state index contributed by atoms with van der Waals surface area (Å²) in [5.74, 6) is -2.10. The van der Waals surface area contributed by atoms with Crippen molar-refractivity contribution in [2.45, 2.75) is 23.5 Å². The molecule has 1 aliphatic rings. The summed E-state index contributed by atoms with van der Waals surface area (Å²) in [6, 6.07) is 17.4. The highest BCUT2D eigenvalue weighted by atomic mass is 32.2. The number of amides is 2. The summed E-state index contributed by atoms with van der Waals surface area (Å²) in [6.45, 7) is 2.73. The summed E-state index contributed by atoms with van der Waals surface area (Å²) in [4.78, 5) is 55.1. The molecule has 242 valence electrons. The number of H-pyrrole nitrogens is 1. The minimum absolute atomic E-state index is 0.0725. The molecule has 1 unspecified atom stereocenters. The monoisotopic (exact) mass is 673 g/mol. The lowest BCUT2D eigenvalue weighted by Gasteiger charge is -2.25. The molecule has 47 heavy (non-hydrogen) atoms. The van der Waals surface area contributed by atoms with E-state index in [9.17, 15) is 24.4 Å². The zero-order valence-corrected chi connectivity index (χ0v) is 27.1. The van der Waals surface area contributed by atoms with Crippen LogP contribution in [0.4, 0.5) is 5.69 Å². The van der Waals surface area contributed by atoms with E-state index in [1.165, 1.54) is 11.3 Å². The van der Waals surface area contributed by atoms with E-state index in [4.69, 9.17) is 19.9 Å². The van der Waals surface area contributed by atoms with Crippen LogP contribution in [0.15, 0.2) is 75.1 Å². The fourth-order valence-corrected chi connectivity index (χ4v) is 7.37. The average Bonchev–Trinajstić information content (AvgIpc) is 3.44. The Morgan fingerprint density at radius 1 is 1.15 bits per heavy atom. The summed E-state index contributed by atoms with van der Waals surface area (Å²) < 4.78 is 16.9. The Morgan fingerprint density at radius 2 is 1.89 bits per heavy atom. The first-order valence-electron chi connectivity index (χ1n) is 14.6. The first kappa shape index (κ1) is 33.3. The van der Waals surface area contributed by atoms with Crippen LogP contribution in [0.3, 0.4) is 0 Å². The number of hydrogen-bond donors (Lipinski definition) is 4. The number of benzene rings is 2. The second kappa shape index (κ2) is 15.0. The lowest BCUT2D eigenvalue weighted by molar-refractivity contribution is -0.113. The number of esters is 1. The van der Waals surface area contributed by atoms with Gasteiger partial charge < -0.3 is 35.6 Å². The third kappa shape index (κ3) is 7.17. The van der Waals surface area contributed by atoms with Crippen LogP contribution in [0.5, 0.6) is 5.75 Å². The van der Waals surface area contributed by atoms with Gasteiger partial charge in [0.1, 0.15) is 11.6 Å². The molecule has 0 spiro atoms. The van der Waals surface area contributed by atoms with E-state index in [1.807, 2.05) is 6.07 Å². The molecule has 1 atom stereocenters. The predicted molar refractivity (Wildman–Crippen MR) is 179 cm³/mol. The van der Waals surface area contributed by atoms with Gasteiger partial charge in [0.25, 0.3) is 11.5 Å². The Balaban J connectivity index is 1.50. The predicted octanol–water partition coefficient (Wildman–Crippen LogP) is 4.48. The van der Waals surface area contributed by atoms with E-state index in [-0.39, 0.29) is 52.1 Å². The number of nitriles is 1. The summed E-state index contributed by atoms with van der Waals surface area (Å²) in [5, 5.41) is 15.6. The number of methoxy groups -OCH3 is 1. The number of thioether (sulfide) groups is 1. The zero-order chi connectivity index (χ0) is 33.5. The SMILES string of the molecule is CCOC(=O)c1ccc(NC(=O)CSc2sc3c4c(c(=O)[nH]c3c2C(=O)NCCCOC)C(c2ccccc2)C(C#N)=C(N)O4)cc1. The second-order valence-electron chi connectivity index (χ2n) is 10.2. The van der Waals surface area contributed by atoms with Crippen LogP contribution < -0.4 is 26.7 Å². The number of thiophene rings is 1. The van der Waals surface area contributed by atoms with Gasteiger partial charge in [-0.15, -0.1) is 23.1 Å². The first-order chi connectivity index (χ1) is 22.8. The Labute approximate surface area is 277 Å². The molecule has 2 amide bonds. The molecule has 12 nitrogen and oxygen atoms in total. The third-order valence-electron chi connectivity index (χ3n) is 7.17. The minimum atomic E-state index is -0.788. The Hall–Kier alpha value is -5.10. The zero-order valence-electron chi connectivity index (χ0n) is 25.5. The van der Waals surface area contributed by atoms with Crippen molar-refractivity contribution in [2.75, 3.05) is 37.9 Å². The van der Waals surface area contributed by atoms with Crippen LogP contribution >= 0.6 is 23.1 Å². The molecular formula is C33H31N5O7S2. The van der Waals surface area contributed by atoms with Crippen molar-refractivity contribution in [2.24, 2.45) is 5.73 Å². The molecule has 0 radical (unpaired) electrons. The topological polar surface area (TPSA) is 186 Å². The standard InChI is InChI=1S/C33H31N5O7S2/c1-3-44-32(42)19-10-12-20(13-11-19)37-22(39)17-46-33-25(30(40)36-14-7-15-43-2)26-28(47-33)27-24(31(41)38-26)23(18-8-5-4-6-9-18)21(16-34)29(35)45-27/h4-6,8-13,23H,3,7,14-15,17,35H2,1-2H3,(H,36,40)(H,37,39)(H,38,41). The fraction of sp³-hybridized carbons (Fsp3) is 0.242. The molecule has 2 aromatic carbocycles. The van der Waals surface area contributed by atoms with Crippen molar-refractivity contribution >= 4 is 56.8 Å². The maximum atomic E-state index is 13.7. The summed E-state index contributed by atoms with van der Waals surface area (Å²) in [6.07, 6.45) is 0.566. The number of allylic oxidation sites excluding steroid dienone is 1. The molecule has 3 heterocycles. The lowest BCUT2D eigenvalue weighted by atomic mass is 9.84. The molecule has 1 aliphatic heterocycles. The highest BCUT2D eigenvalue weighted by molar-refractivity contribution is 8.02. The van der Waals surface area contributed by atoms with Crippen LogP contribution in [-0.2, 0) is 14.3 Å². The number of nitrogens with one attached hydrogen (secondary N) is 3. The van der Waals surface area contributed by atoms with Gasteiger partial charge in [-0.1, -0.05) is 30.3 Å². The molecule has 5 N–H and O–H groups in total. The number of carbonyl (C=O) groups is 3. The number of hydrogen-bond acceptors (Lipinski definition) is 11. The van der Waals surface area contributed by atoms with Gasteiger partial charge in [-0.2, -0.15) is 5.26 Å². The quantitative estimate of drug-likeness (QED) is 0.0949. The molecule has 5 rings (SSSR count). The van der Waals surface area contributed by atoms with Gasteiger partial charge in [0.05, 0.1) is 49.4 Å².